The van der Waals surface area contributed by atoms with Crippen LogP contribution in [0.15, 0.2) is 23.1 Å². The fourth-order valence-corrected chi connectivity index (χ4v) is 2.24. The molecule has 0 saturated heterocycles. The van der Waals surface area contributed by atoms with E-state index in [1.54, 1.807) is 6.07 Å². The lowest BCUT2D eigenvalue weighted by atomic mass is 10.3. The summed E-state index contributed by atoms with van der Waals surface area (Å²) in [4.78, 5) is 15.3. The van der Waals surface area contributed by atoms with Crippen LogP contribution in [0.5, 0.6) is 0 Å². The summed E-state index contributed by atoms with van der Waals surface area (Å²) in [5.41, 5.74) is 0.775. The molecule has 0 unspecified atom stereocenters. The summed E-state index contributed by atoms with van der Waals surface area (Å²) in [6.45, 7) is 0. The number of carbonyl (C=O) groups is 1. The number of hydrogen-bond donors (Lipinski definition) is 3. The molecule has 72 valence electrons. The maximum Gasteiger partial charge on any atom is 0.410 e. The highest BCUT2D eigenvalue weighted by molar-refractivity contribution is 7.80. The van der Waals surface area contributed by atoms with Gasteiger partial charge in [-0.2, -0.15) is 0 Å². The molecule has 0 aliphatic carbocycles. The highest BCUT2D eigenvalue weighted by Gasteiger charge is 2.05. The molecule has 0 radical (unpaired) electrons. The Morgan fingerprint density at radius 1 is 1.57 bits per heavy atom. The van der Waals surface area contributed by atoms with Gasteiger partial charge in [-0.25, -0.2) is 9.78 Å². The Hall–Kier alpha value is -1.27. The van der Waals surface area contributed by atoms with Crippen LogP contribution in [0.4, 0.5) is 9.93 Å². The third-order valence-electron chi connectivity index (χ3n) is 1.59. The molecule has 0 atom stereocenters. The number of aromatic nitrogens is 1. The lowest BCUT2D eigenvalue weighted by molar-refractivity contribution is 0.210. The van der Waals surface area contributed by atoms with E-state index in [2.05, 4.69) is 22.9 Å². The van der Waals surface area contributed by atoms with Gasteiger partial charge in [0, 0.05) is 4.90 Å². The average molecular weight is 226 g/mol. The van der Waals surface area contributed by atoms with Gasteiger partial charge in [-0.3, -0.25) is 5.32 Å². The summed E-state index contributed by atoms with van der Waals surface area (Å²) in [6.07, 6.45) is -1.10. The summed E-state index contributed by atoms with van der Waals surface area (Å²) in [5.74, 6) is 0. The molecule has 2 N–H and O–H groups in total. The van der Waals surface area contributed by atoms with E-state index in [1.807, 2.05) is 12.1 Å². The summed E-state index contributed by atoms with van der Waals surface area (Å²) in [6, 6.07) is 5.47. The van der Waals surface area contributed by atoms with Crippen molar-refractivity contribution >= 4 is 45.4 Å². The number of nitrogens with one attached hydrogen (secondary N) is 1. The Labute approximate surface area is 89.0 Å². The quantitative estimate of drug-likeness (QED) is 0.655. The van der Waals surface area contributed by atoms with Gasteiger partial charge in [0.1, 0.15) is 0 Å². The summed E-state index contributed by atoms with van der Waals surface area (Å²) >= 11 is 5.47. The van der Waals surface area contributed by atoms with Crippen molar-refractivity contribution in [2.24, 2.45) is 0 Å². The largest absolute Gasteiger partial charge is 0.465 e. The fraction of sp³-hybridized carbons (Fsp3) is 0. The van der Waals surface area contributed by atoms with E-state index >= 15 is 0 Å². The molecule has 1 aromatic heterocycles. The predicted octanol–water partition coefficient (Wildman–Crippen LogP) is 2.67. The second kappa shape index (κ2) is 3.47. The minimum absolute atomic E-state index is 0.381. The van der Waals surface area contributed by atoms with E-state index in [-0.39, 0.29) is 0 Å². The minimum Gasteiger partial charge on any atom is -0.465 e. The Morgan fingerprint density at radius 2 is 2.36 bits per heavy atom. The first-order valence-electron chi connectivity index (χ1n) is 3.74. The molecule has 0 saturated carbocycles. The number of nitrogens with zero attached hydrogens (tertiary/aromatic N) is 1. The van der Waals surface area contributed by atoms with Crippen molar-refractivity contribution in [1.29, 1.82) is 0 Å². The third kappa shape index (κ3) is 1.80. The number of fused-ring (bicyclic) bond motifs is 1. The topological polar surface area (TPSA) is 62.2 Å². The van der Waals surface area contributed by atoms with Crippen LogP contribution < -0.4 is 5.32 Å². The highest BCUT2D eigenvalue weighted by atomic mass is 32.1. The molecular weight excluding hydrogens is 220 g/mol. The minimum atomic E-state index is -1.10. The number of thiazole rings is 1. The third-order valence-corrected chi connectivity index (χ3v) is 2.80. The second-order valence-electron chi connectivity index (χ2n) is 2.60. The number of rotatable bonds is 1. The maximum atomic E-state index is 10.4. The summed E-state index contributed by atoms with van der Waals surface area (Å²) in [7, 11) is 0. The Morgan fingerprint density at radius 3 is 3.07 bits per heavy atom. The highest BCUT2D eigenvalue weighted by Crippen LogP contribution is 2.27. The molecule has 0 bridgehead atoms. The number of amides is 1. The van der Waals surface area contributed by atoms with Crippen LogP contribution in [-0.2, 0) is 0 Å². The van der Waals surface area contributed by atoms with Crippen LogP contribution in [0.3, 0.4) is 0 Å². The Balaban J connectivity index is 2.46. The number of benzene rings is 1. The van der Waals surface area contributed by atoms with Crippen LogP contribution in [-0.4, -0.2) is 16.2 Å². The number of carboxylic acid groups (broad SMARTS) is 1. The van der Waals surface area contributed by atoms with E-state index in [1.165, 1.54) is 11.3 Å². The monoisotopic (exact) mass is 226 g/mol. The Bertz CT molecular complexity index is 495. The van der Waals surface area contributed by atoms with Crippen molar-refractivity contribution in [2.75, 3.05) is 5.32 Å². The first kappa shape index (κ1) is 9.29. The van der Waals surface area contributed by atoms with Crippen molar-refractivity contribution in [3.63, 3.8) is 0 Å². The van der Waals surface area contributed by atoms with Gasteiger partial charge in [-0.15, -0.1) is 12.6 Å². The van der Waals surface area contributed by atoms with Crippen molar-refractivity contribution in [2.45, 2.75) is 4.90 Å². The van der Waals surface area contributed by atoms with Crippen LogP contribution in [0.1, 0.15) is 0 Å². The summed E-state index contributed by atoms with van der Waals surface area (Å²) in [5, 5.41) is 11.1. The van der Waals surface area contributed by atoms with Gasteiger partial charge >= 0.3 is 6.09 Å². The summed E-state index contributed by atoms with van der Waals surface area (Å²) < 4.78 is 0.918. The van der Waals surface area contributed by atoms with Gasteiger partial charge in [-0.05, 0) is 18.2 Å². The first-order valence-corrected chi connectivity index (χ1v) is 5.01. The molecular formula is C8H6N2O2S2. The van der Waals surface area contributed by atoms with Gasteiger partial charge in [-0.1, -0.05) is 11.3 Å². The van der Waals surface area contributed by atoms with Crippen molar-refractivity contribution in [3.8, 4) is 0 Å². The molecule has 2 aromatic rings. The zero-order chi connectivity index (χ0) is 10.1. The first-order chi connectivity index (χ1) is 6.65. The lowest BCUT2D eigenvalue weighted by Gasteiger charge is -1.89. The van der Waals surface area contributed by atoms with E-state index in [9.17, 15) is 4.79 Å². The number of thiol groups is 1. The molecule has 2 rings (SSSR count). The molecule has 4 nitrogen and oxygen atoms in total. The molecule has 1 aromatic carbocycles. The molecule has 1 amide bonds. The van der Waals surface area contributed by atoms with Gasteiger partial charge in [0.05, 0.1) is 10.2 Å². The van der Waals surface area contributed by atoms with Gasteiger partial charge in [0.2, 0.25) is 0 Å². The number of anilines is 1. The van der Waals surface area contributed by atoms with Gasteiger partial charge in [0.15, 0.2) is 5.13 Å². The van der Waals surface area contributed by atoms with Crippen molar-refractivity contribution in [3.05, 3.63) is 18.2 Å². The van der Waals surface area contributed by atoms with E-state index in [0.29, 0.717) is 5.13 Å². The zero-order valence-corrected chi connectivity index (χ0v) is 8.60. The average Bonchev–Trinajstić information content (AvgIpc) is 2.44. The zero-order valence-electron chi connectivity index (χ0n) is 6.89. The Kier molecular flexibility index (Phi) is 2.30. The van der Waals surface area contributed by atoms with Crippen LogP contribution in [0, 0.1) is 0 Å². The van der Waals surface area contributed by atoms with Crippen molar-refractivity contribution < 1.29 is 9.90 Å². The molecule has 0 aliphatic rings. The fourth-order valence-electron chi connectivity index (χ4n) is 1.06. The molecule has 0 fully saturated rings. The van der Waals surface area contributed by atoms with E-state index in [0.717, 1.165) is 15.1 Å². The van der Waals surface area contributed by atoms with Crippen LogP contribution in [0.2, 0.25) is 0 Å². The molecule has 14 heavy (non-hydrogen) atoms. The van der Waals surface area contributed by atoms with E-state index < -0.39 is 6.09 Å². The predicted molar refractivity (Wildman–Crippen MR) is 58.5 cm³/mol. The smallest absolute Gasteiger partial charge is 0.410 e. The number of hydrogen-bond acceptors (Lipinski definition) is 4. The normalized spacial score (nSPS) is 10.4. The molecule has 6 heteroatoms. The molecule has 0 spiro atoms. The standard InChI is InChI=1S/C8H6N2O2S2/c11-8(12)10-7-9-5-2-1-4(13)3-6(5)14-7/h1-3,13H,(H,9,10)(H,11,12). The molecule has 0 aliphatic heterocycles. The van der Waals surface area contributed by atoms with Crippen LogP contribution in [0.25, 0.3) is 10.2 Å². The lowest BCUT2D eigenvalue weighted by Crippen LogP contribution is -2.06. The van der Waals surface area contributed by atoms with Gasteiger partial charge in [0.25, 0.3) is 0 Å². The molecule has 1 heterocycles. The second-order valence-corrected chi connectivity index (χ2v) is 4.15. The van der Waals surface area contributed by atoms with Crippen molar-refractivity contribution in [1.82, 2.24) is 4.98 Å². The SMILES string of the molecule is O=C(O)Nc1nc2ccc(S)cc2s1. The van der Waals surface area contributed by atoms with Gasteiger partial charge < -0.3 is 5.11 Å². The van der Waals surface area contributed by atoms with E-state index in [4.69, 9.17) is 5.11 Å². The van der Waals surface area contributed by atoms with Crippen LogP contribution >= 0.6 is 24.0 Å². The maximum absolute atomic E-state index is 10.4.